The SMILES string of the molecule is Cc1cc(NCc2cccnc2N2CCCCC2)nc(C)n1. The first-order valence-corrected chi connectivity index (χ1v) is 7.97. The number of hydrogen-bond acceptors (Lipinski definition) is 5. The molecule has 5 nitrogen and oxygen atoms in total. The molecule has 0 bridgehead atoms. The molecule has 116 valence electrons. The van der Waals surface area contributed by atoms with E-state index in [2.05, 4.69) is 31.2 Å². The van der Waals surface area contributed by atoms with Gasteiger partial charge in [-0.3, -0.25) is 0 Å². The minimum Gasteiger partial charge on any atom is -0.366 e. The summed E-state index contributed by atoms with van der Waals surface area (Å²) < 4.78 is 0. The van der Waals surface area contributed by atoms with Crippen molar-refractivity contribution in [3.05, 3.63) is 41.5 Å². The second kappa shape index (κ2) is 6.73. The van der Waals surface area contributed by atoms with Gasteiger partial charge in [0.15, 0.2) is 0 Å². The Labute approximate surface area is 131 Å². The van der Waals surface area contributed by atoms with Gasteiger partial charge in [0.2, 0.25) is 0 Å². The fraction of sp³-hybridized carbons (Fsp3) is 0.471. The first-order chi connectivity index (χ1) is 10.7. The number of pyridine rings is 1. The van der Waals surface area contributed by atoms with Gasteiger partial charge >= 0.3 is 0 Å². The van der Waals surface area contributed by atoms with E-state index in [1.807, 2.05) is 32.2 Å². The molecule has 1 N–H and O–H groups in total. The molecular formula is C17H23N5. The molecule has 0 atom stereocenters. The Morgan fingerprint density at radius 1 is 1.14 bits per heavy atom. The van der Waals surface area contributed by atoms with Crippen molar-refractivity contribution in [1.29, 1.82) is 0 Å². The molecule has 0 unspecified atom stereocenters. The molecule has 0 spiro atoms. The van der Waals surface area contributed by atoms with Gasteiger partial charge in [0, 0.05) is 43.2 Å². The van der Waals surface area contributed by atoms with E-state index in [-0.39, 0.29) is 0 Å². The number of anilines is 2. The highest BCUT2D eigenvalue weighted by Gasteiger charge is 2.15. The minimum absolute atomic E-state index is 0.732. The van der Waals surface area contributed by atoms with Crippen LogP contribution in [0.2, 0.25) is 0 Å². The maximum Gasteiger partial charge on any atom is 0.133 e. The Morgan fingerprint density at radius 3 is 2.73 bits per heavy atom. The third-order valence-electron chi connectivity index (χ3n) is 3.95. The van der Waals surface area contributed by atoms with E-state index in [1.165, 1.54) is 24.8 Å². The Hall–Kier alpha value is -2.17. The second-order valence-corrected chi connectivity index (χ2v) is 5.83. The lowest BCUT2D eigenvalue weighted by Crippen LogP contribution is -2.31. The molecule has 2 aromatic heterocycles. The van der Waals surface area contributed by atoms with Crippen molar-refractivity contribution < 1.29 is 0 Å². The summed E-state index contributed by atoms with van der Waals surface area (Å²) in [7, 11) is 0. The first kappa shape index (κ1) is 14.8. The number of piperidine rings is 1. The highest BCUT2D eigenvalue weighted by atomic mass is 15.2. The molecule has 1 aliphatic rings. The van der Waals surface area contributed by atoms with Gasteiger partial charge in [-0.15, -0.1) is 0 Å². The highest BCUT2D eigenvalue weighted by Crippen LogP contribution is 2.22. The van der Waals surface area contributed by atoms with Crippen LogP contribution in [0.25, 0.3) is 0 Å². The van der Waals surface area contributed by atoms with Crippen molar-refractivity contribution in [3.8, 4) is 0 Å². The lowest BCUT2D eigenvalue weighted by molar-refractivity contribution is 0.572. The summed E-state index contributed by atoms with van der Waals surface area (Å²) in [6.07, 6.45) is 5.73. The number of aromatic nitrogens is 3. The quantitative estimate of drug-likeness (QED) is 0.940. The molecular weight excluding hydrogens is 274 g/mol. The summed E-state index contributed by atoms with van der Waals surface area (Å²) in [5.41, 5.74) is 2.20. The average molecular weight is 297 g/mol. The maximum atomic E-state index is 4.60. The van der Waals surface area contributed by atoms with E-state index in [4.69, 9.17) is 0 Å². The van der Waals surface area contributed by atoms with Gasteiger partial charge < -0.3 is 10.2 Å². The van der Waals surface area contributed by atoms with Gasteiger partial charge in [0.05, 0.1) is 0 Å². The normalized spacial score (nSPS) is 14.9. The van der Waals surface area contributed by atoms with Crippen LogP contribution in [0.4, 0.5) is 11.6 Å². The Kier molecular flexibility index (Phi) is 4.51. The summed E-state index contributed by atoms with van der Waals surface area (Å²) in [6.45, 7) is 6.85. The van der Waals surface area contributed by atoms with E-state index >= 15 is 0 Å². The van der Waals surface area contributed by atoms with Crippen molar-refractivity contribution in [2.45, 2.75) is 39.7 Å². The Balaban J connectivity index is 1.74. The predicted octanol–water partition coefficient (Wildman–Crippen LogP) is 3.09. The zero-order valence-electron chi connectivity index (χ0n) is 13.3. The van der Waals surface area contributed by atoms with Crippen LogP contribution in [0.3, 0.4) is 0 Å². The highest BCUT2D eigenvalue weighted by molar-refractivity contribution is 5.49. The number of rotatable bonds is 4. The van der Waals surface area contributed by atoms with Crippen LogP contribution in [0.5, 0.6) is 0 Å². The van der Waals surface area contributed by atoms with Crippen LogP contribution < -0.4 is 10.2 Å². The van der Waals surface area contributed by atoms with Crippen molar-refractivity contribution in [1.82, 2.24) is 15.0 Å². The molecule has 3 heterocycles. The molecule has 0 aliphatic carbocycles. The van der Waals surface area contributed by atoms with Crippen LogP contribution in [0, 0.1) is 13.8 Å². The average Bonchev–Trinajstić information content (AvgIpc) is 2.53. The molecule has 0 saturated carbocycles. The molecule has 1 saturated heterocycles. The smallest absolute Gasteiger partial charge is 0.133 e. The van der Waals surface area contributed by atoms with Gasteiger partial charge in [-0.2, -0.15) is 0 Å². The van der Waals surface area contributed by atoms with Gasteiger partial charge in [0.25, 0.3) is 0 Å². The summed E-state index contributed by atoms with van der Waals surface area (Å²) >= 11 is 0. The fourth-order valence-corrected chi connectivity index (χ4v) is 2.95. The lowest BCUT2D eigenvalue weighted by atomic mass is 10.1. The molecule has 5 heteroatoms. The predicted molar refractivity (Wildman–Crippen MR) is 89.1 cm³/mol. The van der Waals surface area contributed by atoms with Gasteiger partial charge in [-0.05, 0) is 39.2 Å². The molecule has 0 radical (unpaired) electrons. The van der Waals surface area contributed by atoms with Gasteiger partial charge in [-0.1, -0.05) is 6.07 Å². The van der Waals surface area contributed by atoms with Gasteiger partial charge in [0.1, 0.15) is 17.5 Å². The molecule has 2 aromatic rings. The fourth-order valence-electron chi connectivity index (χ4n) is 2.95. The maximum absolute atomic E-state index is 4.60. The van der Waals surface area contributed by atoms with E-state index in [0.717, 1.165) is 42.8 Å². The summed E-state index contributed by atoms with van der Waals surface area (Å²) in [5, 5.41) is 3.40. The van der Waals surface area contributed by atoms with Crippen LogP contribution in [0.1, 0.15) is 36.3 Å². The number of nitrogens with zero attached hydrogens (tertiary/aromatic N) is 4. The van der Waals surface area contributed by atoms with Crippen molar-refractivity contribution in [2.75, 3.05) is 23.3 Å². The van der Waals surface area contributed by atoms with Crippen LogP contribution in [0.15, 0.2) is 24.4 Å². The largest absolute Gasteiger partial charge is 0.366 e. The molecule has 0 aromatic carbocycles. The van der Waals surface area contributed by atoms with E-state index in [9.17, 15) is 0 Å². The topological polar surface area (TPSA) is 53.9 Å². The van der Waals surface area contributed by atoms with Crippen LogP contribution >= 0.6 is 0 Å². The van der Waals surface area contributed by atoms with Crippen LogP contribution in [-0.2, 0) is 6.54 Å². The van der Waals surface area contributed by atoms with Crippen molar-refractivity contribution >= 4 is 11.6 Å². The minimum atomic E-state index is 0.732. The standard InChI is InChI=1S/C17H23N5/c1-13-11-16(21-14(2)20-13)19-12-15-7-6-8-18-17(15)22-9-4-3-5-10-22/h6-8,11H,3-5,9-10,12H2,1-2H3,(H,19,20,21). The zero-order chi connectivity index (χ0) is 15.4. The summed E-state index contributed by atoms with van der Waals surface area (Å²) in [6, 6.07) is 6.12. The van der Waals surface area contributed by atoms with E-state index in [1.54, 1.807) is 0 Å². The second-order valence-electron chi connectivity index (χ2n) is 5.83. The molecule has 1 aliphatic heterocycles. The number of nitrogens with one attached hydrogen (secondary N) is 1. The lowest BCUT2D eigenvalue weighted by Gasteiger charge is -2.29. The van der Waals surface area contributed by atoms with Crippen LogP contribution in [-0.4, -0.2) is 28.0 Å². The summed E-state index contributed by atoms with van der Waals surface area (Å²) in [5.74, 6) is 2.78. The van der Waals surface area contributed by atoms with Gasteiger partial charge in [-0.25, -0.2) is 15.0 Å². The molecule has 22 heavy (non-hydrogen) atoms. The first-order valence-electron chi connectivity index (χ1n) is 7.97. The number of hydrogen-bond donors (Lipinski definition) is 1. The Bertz CT molecular complexity index is 614. The molecule has 3 rings (SSSR count). The van der Waals surface area contributed by atoms with Crippen molar-refractivity contribution in [2.24, 2.45) is 0 Å². The zero-order valence-corrected chi connectivity index (χ0v) is 13.3. The third kappa shape index (κ3) is 3.53. The monoisotopic (exact) mass is 297 g/mol. The van der Waals surface area contributed by atoms with Crippen molar-refractivity contribution in [3.63, 3.8) is 0 Å². The Morgan fingerprint density at radius 2 is 1.95 bits per heavy atom. The van der Waals surface area contributed by atoms with E-state index in [0.29, 0.717) is 0 Å². The number of aryl methyl sites for hydroxylation is 2. The van der Waals surface area contributed by atoms with E-state index < -0.39 is 0 Å². The molecule has 1 fully saturated rings. The third-order valence-corrected chi connectivity index (χ3v) is 3.95. The molecule has 0 amide bonds. The summed E-state index contributed by atoms with van der Waals surface area (Å²) in [4.78, 5) is 15.7.